The van der Waals surface area contributed by atoms with Crippen molar-refractivity contribution in [1.82, 2.24) is 24.9 Å². The summed E-state index contributed by atoms with van der Waals surface area (Å²) < 4.78 is 5.53. The summed E-state index contributed by atoms with van der Waals surface area (Å²) in [5.74, 6) is 2.61. The van der Waals surface area contributed by atoms with E-state index in [0.717, 1.165) is 17.0 Å². The molecular formula is C12H15N7O. The van der Waals surface area contributed by atoms with E-state index in [-0.39, 0.29) is 0 Å². The molecule has 0 atom stereocenters. The fourth-order valence-corrected chi connectivity index (χ4v) is 1.85. The fourth-order valence-electron chi connectivity index (χ4n) is 1.85. The number of H-pyrrole nitrogens is 1. The van der Waals surface area contributed by atoms with Gasteiger partial charge >= 0.3 is 0 Å². The number of aromatic amines is 1. The molecule has 0 radical (unpaired) electrons. The van der Waals surface area contributed by atoms with Crippen molar-refractivity contribution in [2.75, 3.05) is 17.7 Å². The van der Waals surface area contributed by atoms with Gasteiger partial charge in [-0.3, -0.25) is 0 Å². The second kappa shape index (κ2) is 4.80. The Balaban J connectivity index is 1.88. The molecule has 0 saturated heterocycles. The Morgan fingerprint density at radius 3 is 2.80 bits per heavy atom. The van der Waals surface area contributed by atoms with Crippen molar-refractivity contribution in [3.63, 3.8) is 0 Å². The summed E-state index contributed by atoms with van der Waals surface area (Å²) in [4.78, 5) is 20.1. The van der Waals surface area contributed by atoms with Crippen molar-refractivity contribution in [3.8, 4) is 0 Å². The summed E-state index contributed by atoms with van der Waals surface area (Å²) in [6.45, 7) is 4.25. The zero-order valence-corrected chi connectivity index (χ0v) is 11.5. The normalized spacial score (nSPS) is 10.9. The number of fused-ring (bicyclic) bond motifs is 1. The van der Waals surface area contributed by atoms with Crippen LogP contribution in [0.2, 0.25) is 0 Å². The number of aromatic nitrogens is 5. The van der Waals surface area contributed by atoms with Crippen LogP contribution in [0.5, 0.6) is 0 Å². The smallest absolute Gasteiger partial charge is 0.226 e. The van der Waals surface area contributed by atoms with E-state index in [0.29, 0.717) is 29.8 Å². The minimum Gasteiger partial charge on any atom is -0.444 e. The van der Waals surface area contributed by atoms with E-state index in [1.165, 1.54) is 0 Å². The van der Waals surface area contributed by atoms with Gasteiger partial charge in [-0.25, -0.2) is 9.97 Å². The lowest BCUT2D eigenvalue weighted by Crippen LogP contribution is -2.05. The maximum absolute atomic E-state index is 5.53. The first-order valence-corrected chi connectivity index (χ1v) is 6.23. The Morgan fingerprint density at radius 2 is 2.10 bits per heavy atom. The first kappa shape index (κ1) is 12.4. The number of imidazole rings is 1. The number of rotatable bonds is 4. The molecule has 0 bridgehead atoms. The van der Waals surface area contributed by atoms with E-state index in [1.54, 1.807) is 13.4 Å². The zero-order chi connectivity index (χ0) is 14.1. The van der Waals surface area contributed by atoms with Crippen LogP contribution in [0, 0.1) is 13.8 Å². The topological polar surface area (TPSA) is 105 Å². The molecule has 0 aliphatic carbocycles. The maximum Gasteiger partial charge on any atom is 0.226 e. The lowest BCUT2D eigenvalue weighted by Gasteiger charge is -2.06. The molecule has 3 rings (SSSR count). The number of oxazole rings is 1. The summed E-state index contributed by atoms with van der Waals surface area (Å²) >= 11 is 0. The Kier molecular flexibility index (Phi) is 2.97. The van der Waals surface area contributed by atoms with Crippen LogP contribution >= 0.6 is 0 Å². The van der Waals surface area contributed by atoms with E-state index < -0.39 is 0 Å². The number of hydrogen-bond donors (Lipinski definition) is 3. The Morgan fingerprint density at radius 1 is 1.25 bits per heavy atom. The standard InChI is InChI=1S/C12H15N7O/c1-6-7(2)20-8(17-6)4-14-10-9-11(16-5-15-9)19-12(13-3)18-10/h5H,4H2,1-3H3,(H3,13,14,15,16,18,19). The number of anilines is 2. The minimum absolute atomic E-state index is 0.447. The van der Waals surface area contributed by atoms with Gasteiger partial charge in [0.15, 0.2) is 11.5 Å². The van der Waals surface area contributed by atoms with E-state index >= 15 is 0 Å². The third-order valence-corrected chi connectivity index (χ3v) is 2.99. The van der Waals surface area contributed by atoms with Gasteiger partial charge in [0.05, 0.1) is 18.6 Å². The van der Waals surface area contributed by atoms with Crippen LogP contribution in [0.25, 0.3) is 11.2 Å². The summed E-state index contributed by atoms with van der Waals surface area (Å²) in [7, 11) is 1.76. The van der Waals surface area contributed by atoms with Gasteiger partial charge in [-0.05, 0) is 13.8 Å². The highest BCUT2D eigenvalue weighted by atomic mass is 16.4. The first-order valence-electron chi connectivity index (χ1n) is 6.23. The van der Waals surface area contributed by atoms with Crippen molar-refractivity contribution in [1.29, 1.82) is 0 Å². The predicted molar refractivity (Wildman–Crippen MR) is 74.5 cm³/mol. The number of nitrogens with one attached hydrogen (secondary N) is 3. The third-order valence-electron chi connectivity index (χ3n) is 2.99. The van der Waals surface area contributed by atoms with Crippen LogP contribution in [-0.2, 0) is 6.54 Å². The number of aryl methyl sites for hydroxylation is 2. The summed E-state index contributed by atoms with van der Waals surface area (Å²) in [5.41, 5.74) is 2.25. The lowest BCUT2D eigenvalue weighted by molar-refractivity contribution is 0.478. The van der Waals surface area contributed by atoms with E-state index in [1.807, 2.05) is 13.8 Å². The van der Waals surface area contributed by atoms with Gasteiger partial charge in [0, 0.05) is 7.05 Å². The molecule has 0 fully saturated rings. The molecule has 0 aliphatic rings. The van der Waals surface area contributed by atoms with Crippen LogP contribution in [0.3, 0.4) is 0 Å². The Labute approximate surface area is 115 Å². The minimum atomic E-state index is 0.447. The van der Waals surface area contributed by atoms with Crippen molar-refractivity contribution in [3.05, 3.63) is 23.7 Å². The van der Waals surface area contributed by atoms with Crippen molar-refractivity contribution in [2.45, 2.75) is 20.4 Å². The van der Waals surface area contributed by atoms with Crippen LogP contribution in [0.15, 0.2) is 10.7 Å². The van der Waals surface area contributed by atoms with Gasteiger partial charge in [-0.1, -0.05) is 0 Å². The van der Waals surface area contributed by atoms with Gasteiger partial charge in [0.25, 0.3) is 0 Å². The maximum atomic E-state index is 5.53. The Bertz CT molecular complexity index is 726. The first-order chi connectivity index (χ1) is 9.67. The molecule has 0 aromatic carbocycles. The molecule has 3 aromatic heterocycles. The van der Waals surface area contributed by atoms with Gasteiger partial charge < -0.3 is 20.0 Å². The van der Waals surface area contributed by atoms with Crippen LogP contribution < -0.4 is 10.6 Å². The molecule has 0 amide bonds. The number of hydrogen-bond acceptors (Lipinski definition) is 7. The van der Waals surface area contributed by atoms with Gasteiger partial charge in [-0.15, -0.1) is 0 Å². The van der Waals surface area contributed by atoms with E-state index in [9.17, 15) is 0 Å². The summed E-state index contributed by atoms with van der Waals surface area (Å²) in [6.07, 6.45) is 1.59. The average molecular weight is 273 g/mol. The third kappa shape index (κ3) is 2.15. The van der Waals surface area contributed by atoms with Crippen molar-refractivity contribution < 1.29 is 4.42 Å². The van der Waals surface area contributed by atoms with Crippen LogP contribution in [-0.4, -0.2) is 32.0 Å². The molecule has 20 heavy (non-hydrogen) atoms. The molecule has 3 aromatic rings. The average Bonchev–Trinajstić information content (AvgIpc) is 3.03. The van der Waals surface area contributed by atoms with E-state index in [2.05, 4.69) is 35.6 Å². The number of nitrogens with zero attached hydrogens (tertiary/aromatic N) is 4. The molecule has 0 unspecified atom stereocenters. The highest BCUT2D eigenvalue weighted by Gasteiger charge is 2.11. The molecule has 8 nitrogen and oxygen atoms in total. The van der Waals surface area contributed by atoms with Gasteiger partial charge in [0.2, 0.25) is 11.8 Å². The highest BCUT2D eigenvalue weighted by Crippen LogP contribution is 2.19. The SMILES string of the molecule is CNc1nc(NCc2nc(C)c(C)o2)c2[nH]cnc2n1. The largest absolute Gasteiger partial charge is 0.444 e. The molecule has 0 aliphatic heterocycles. The second-order valence-electron chi connectivity index (χ2n) is 4.35. The molecular weight excluding hydrogens is 258 g/mol. The second-order valence-corrected chi connectivity index (χ2v) is 4.35. The van der Waals surface area contributed by atoms with Crippen LogP contribution in [0.4, 0.5) is 11.8 Å². The molecule has 0 spiro atoms. The lowest BCUT2D eigenvalue weighted by atomic mass is 10.4. The summed E-state index contributed by atoms with van der Waals surface area (Å²) in [5, 5.41) is 6.09. The highest BCUT2D eigenvalue weighted by molar-refractivity contribution is 5.83. The Hall–Kier alpha value is -2.64. The molecule has 8 heteroatoms. The monoisotopic (exact) mass is 273 g/mol. The molecule has 3 N–H and O–H groups in total. The quantitative estimate of drug-likeness (QED) is 0.663. The zero-order valence-electron chi connectivity index (χ0n) is 11.5. The fraction of sp³-hybridized carbons (Fsp3) is 0.333. The predicted octanol–water partition coefficient (Wildman–Crippen LogP) is 1.61. The molecule has 0 saturated carbocycles. The van der Waals surface area contributed by atoms with Gasteiger partial charge in [-0.2, -0.15) is 9.97 Å². The van der Waals surface area contributed by atoms with Crippen molar-refractivity contribution in [2.24, 2.45) is 0 Å². The van der Waals surface area contributed by atoms with E-state index in [4.69, 9.17) is 4.42 Å². The van der Waals surface area contributed by atoms with Gasteiger partial charge in [0.1, 0.15) is 11.3 Å². The molecule has 3 heterocycles. The van der Waals surface area contributed by atoms with Crippen LogP contribution in [0.1, 0.15) is 17.3 Å². The molecule has 104 valence electrons. The van der Waals surface area contributed by atoms with Crippen molar-refractivity contribution >= 4 is 22.9 Å². The summed E-state index contributed by atoms with van der Waals surface area (Å²) in [6, 6.07) is 0.